The molecule has 0 radical (unpaired) electrons. The van der Waals surface area contributed by atoms with Crippen molar-refractivity contribution in [3.8, 4) is 17.3 Å². The fraction of sp³-hybridized carbons (Fsp3) is 0.414. The second-order valence-electron chi connectivity index (χ2n) is 10.2. The van der Waals surface area contributed by atoms with Crippen LogP contribution < -0.4 is 0 Å². The predicted molar refractivity (Wildman–Crippen MR) is 136 cm³/mol. The molecule has 198 valence electrons. The molecule has 5 rings (SSSR count). The largest absolute Gasteiger partial charge is 0.435 e. The molecule has 0 spiro atoms. The Hall–Kier alpha value is -3.64. The number of hydrogen-bond acceptors (Lipinski definition) is 4. The van der Waals surface area contributed by atoms with Gasteiger partial charge in [-0.25, -0.2) is 4.98 Å². The van der Waals surface area contributed by atoms with E-state index in [0.29, 0.717) is 54.0 Å². The number of halogens is 3. The van der Waals surface area contributed by atoms with E-state index in [1.54, 1.807) is 49.3 Å². The number of hydrogen-bond donors (Lipinski definition) is 1. The molecule has 1 aromatic heterocycles. The van der Waals surface area contributed by atoms with Crippen LogP contribution in [0.15, 0.2) is 42.5 Å². The molecule has 6 nitrogen and oxygen atoms in total. The number of imidazole rings is 1. The molecule has 3 aromatic rings. The summed E-state index contributed by atoms with van der Waals surface area (Å²) >= 11 is 0. The van der Waals surface area contributed by atoms with Gasteiger partial charge in [-0.2, -0.15) is 18.4 Å². The minimum Gasteiger partial charge on any atom is -0.381 e. The Labute approximate surface area is 219 Å². The highest BCUT2D eigenvalue weighted by molar-refractivity contribution is 5.96. The molecule has 1 saturated carbocycles. The SMILES string of the molecule is CO[C@H]1CC[C@H](c2nc(C(F)(F)F)c(-c3cc(C(=O)N4CC(c5ccc(C#N)cc5)C4)ccc3C)[nH]2)CC1. The molecule has 1 saturated heterocycles. The number of rotatable bonds is 5. The van der Waals surface area contributed by atoms with E-state index in [-0.39, 0.29) is 29.5 Å². The number of H-pyrrole nitrogens is 1. The Bertz CT molecular complexity index is 1360. The Kier molecular flexibility index (Phi) is 7.01. The quantitative estimate of drug-likeness (QED) is 0.433. The number of benzene rings is 2. The van der Waals surface area contributed by atoms with Crippen LogP contribution in [0.1, 0.15) is 76.1 Å². The number of carbonyl (C=O) groups excluding carboxylic acids is 1. The number of aromatic amines is 1. The molecule has 38 heavy (non-hydrogen) atoms. The normalized spacial score (nSPS) is 20.2. The molecule has 2 heterocycles. The number of alkyl halides is 3. The maximum absolute atomic E-state index is 14.1. The van der Waals surface area contributed by atoms with Gasteiger partial charge in [0.25, 0.3) is 5.91 Å². The Balaban J connectivity index is 1.38. The van der Waals surface area contributed by atoms with Gasteiger partial charge < -0.3 is 14.6 Å². The maximum Gasteiger partial charge on any atom is 0.435 e. The molecule has 1 N–H and O–H groups in total. The Morgan fingerprint density at radius 1 is 1.08 bits per heavy atom. The van der Waals surface area contributed by atoms with E-state index in [9.17, 15) is 18.0 Å². The average Bonchev–Trinajstić information content (AvgIpc) is 3.34. The van der Waals surface area contributed by atoms with Crippen molar-refractivity contribution in [2.75, 3.05) is 20.2 Å². The smallest absolute Gasteiger partial charge is 0.381 e. The van der Waals surface area contributed by atoms with Crippen LogP contribution in [0.5, 0.6) is 0 Å². The molecule has 2 aliphatic rings. The number of nitriles is 1. The van der Waals surface area contributed by atoms with Crippen molar-refractivity contribution in [3.05, 3.63) is 76.2 Å². The summed E-state index contributed by atoms with van der Waals surface area (Å²) in [4.78, 5) is 21.9. The fourth-order valence-electron chi connectivity index (χ4n) is 5.45. The number of aryl methyl sites for hydroxylation is 1. The van der Waals surface area contributed by atoms with Crippen molar-refractivity contribution in [1.29, 1.82) is 5.26 Å². The Morgan fingerprint density at radius 2 is 1.76 bits per heavy atom. The van der Waals surface area contributed by atoms with Crippen LogP contribution in [-0.2, 0) is 10.9 Å². The highest BCUT2D eigenvalue weighted by Gasteiger charge is 2.40. The number of amides is 1. The summed E-state index contributed by atoms with van der Waals surface area (Å²) in [5.41, 5.74) is 1.90. The lowest BCUT2D eigenvalue weighted by molar-refractivity contribution is -0.140. The first-order valence-corrected chi connectivity index (χ1v) is 12.8. The monoisotopic (exact) mass is 522 g/mol. The number of nitrogens with zero attached hydrogens (tertiary/aromatic N) is 3. The summed E-state index contributed by atoms with van der Waals surface area (Å²) in [5.74, 6) is 0.187. The van der Waals surface area contributed by atoms with Gasteiger partial charge in [0, 0.05) is 43.2 Å². The van der Waals surface area contributed by atoms with E-state index < -0.39 is 11.9 Å². The molecule has 0 unspecified atom stereocenters. The molecular formula is C29H29F3N4O2. The molecule has 1 aliphatic carbocycles. The standard InChI is InChI=1S/C29H29F3N4O2/c1-17-3-6-21(28(37)36-15-22(16-36)19-7-4-18(14-33)5-8-19)13-24(17)25-26(29(30,31)32)35-27(34-25)20-9-11-23(38-2)12-10-20/h3-8,13,20,22-23H,9-12,15-16H2,1-2H3,(H,34,35)/t20-,23-. The number of methoxy groups -OCH3 is 1. The van der Waals surface area contributed by atoms with Crippen molar-refractivity contribution < 1.29 is 22.7 Å². The summed E-state index contributed by atoms with van der Waals surface area (Å²) in [6.45, 7) is 2.76. The molecule has 1 amide bonds. The molecule has 9 heteroatoms. The highest BCUT2D eigenvalue weighted by Crippen LogP contribution is 2.41. The van der Waals surface area contributed by atoms with Crippen LogP contribution in [0.3, 0.4) is 0 Å². The topological polar surface area (TPSA) is 82.0 Å². The highest BCUT2D eigenvalue weighted by atomic mass is 19.4. The molecule has 2 aromatic carbocycles. The summed E-state index contributed by atoms with van der Waals surface area (Å²) in [6.07, 6.45) is -1.54. The number of likely N-dealkylation sites (tertiary alicyclic amines) is 1. The number of carbonyl (C=O) groups is 1. The summed E-state index contributed by atoms with van der Waals surface area (Å²) in [6, 6.07) is 14.3. The lowest BCUT2D eigenvalue weighted by Crippen LogP contribution is -2.48. The van der Waals surface area contributed by atoms with E-state index in [1.807, 2.05) is 12.1 Å². The Morgan fingerprint density at radius 3 is 2.37 bits per heavy atom. The van der Waals surface area contributed by atoms with E-state index in [0.717, 1.165) is 18.4 Å². The summed E-state index contributed by atoms with van der Waals surface area (Å²) in [5, 5.41) is 8.98. The third-order valence-corrected chi connectivity index (χ3v) is 7.82. The van der Waals surface area contributed by atoms with Gasteiger partial charge in [-0.15, -0.1) is 0 Å². The van der Waals surface area contributed by atoms with Crippen LogP contribution in [0.2, 0.25) is 0 Å². The summed E-state index contributed by atoms with van der Waals surface area (Å²) in [7, 11) is 1.65. The first-order chi connectivity index (χ1) is 18.2. The van der Waals surface area contributed by atoms with Crippen molar-refractivity contribution in [3.63, 3.8) is 0 Å². The van der Waals surface area contributed by atoms with E-state index >= 15 is 0 Å². The van der Waals surface area contributed by atoms with E-state index in [2.05, 4.69) is 16.0 Å². The minimum atomic E-state index is -4.63. The second kappa shape index (κ2) is 10.3. The first-order valence-electron chi connectivity index (χ1n) is 12.8. The van der Waals surface area contributed by atoms with Gasteiger partial charge in [0.2, 0.25) is 0 Å². The zero-order valence-electron chi connectivity index (χ0n) is 21.3. The lowest BCUT2D eigenvalue weighted by Gasteiger charge is -2.39. The molecule has 0 atom stereocenters. The van der Waals surface area contributed by atoms with Crippen molar-refractivity contribution in [2.45, 2.75) is 56.7 Å². The van der Waals surface area contributed by atoms with Crippen LogP contribution in [-0.4, -0.2) is 47.1 Å². The molecular weight excluding hydrogens is 493 g/mol. The van der Waals surface area contributed by atoms with Gasteiger partial charge in [-0.05, 0) is 68.0 Å². The van der Waals surface area contributed by atoms with Gasteiger partial charge >= 0.3 is 6.18 Å². The zero-order valence-corrected chi connectivity index (χ0v) is 21.3. The molecule has 2 fully saturated rings. The summed E-state index contributed by atoms with van der Waals surface area (Å²) < 4.78 is 47.6. The van der Waals surface area contributed by atoms with Crippen molar-refractivity contribution in [2.24, 2.45) is 0 Å². The van der Waals surface area contributed by atoms with Crippen molar-refractivity contribution in [1.82, 2.24) is 14.9 Å². The molecule has 1 aliphatic heterocycles. The van der Waals surface area contributed by atoms with Crippen LogP contribution >= 0.6 is 0 Å². The third-order valence-electron chi connectivity index (χ3n) is 7.82. The van der Waals surface area contributed by atoms with E-state index in [1.165, 1.54) is 0 Å². The minimum absolute atomic E-state index is 0.0902. The third kappa shape index (κ3) is 5.05. The number of nitrogens with one attached hydrogen (secondary N) is 1. The second-order valence-corrected chi connectivity index (χ2v) is 10.2. The van der Waals surface area contributed by atoms with E-state index in [4.69, 9.17) is 10.00 Å². The van der Waals surface area contributed by atoms with Gasteiger partial charge in [0.15, 0.2) is 5.69 Å². The molecule has 0 bridgehead atoms. The number of ether oxygens (including phenoxy) is 1. The van der Waals surface area contributed by atoms with Gasteiger partial charge in [-0.1, -0.05) is 18.2 Å². The predicted octanol–water partition coefficient (Wildman–Crippen LogP) is 6.19. The number of aromatic nitrogens is 2. The lowest BCUT2D eigenvalue weighted by atomic mass is 9.87. The van der Waals surface area contributed by atoms with Crippen molar-refractivity contribution >= 4 is 5.91 Å². The van der Waals surface area contributed by atoms with Gasteiger partial charge in [-0.3, -0.25) is 4.79 Å². The van der Waals surface area contributed by atoms with Crippen LogP contribution in [0.25, 0.3) is 11.3 Å². The van der Waals surface area contributed by atoms with Gasteiger partial charge in [0.1, 0.15) is 5.82 Å². The van der Waals surface area contributed by atoms with Crippen LogP contribution in [0, 0.1) is 18.3 Å². The van der Waals surface area contributed by atoms with Crippen LogP contribution in [0.4, 0.5) is 13.2 Å². The fourth-order valence-corrected chi connectivity index (χ4v) is 5.45. The maximum atomic E-state index is 14.1. The van der Waals surface area contributed by atoms with Gasteiger partial charge in [0.05, 0.1) is 23.4 Å². The average molecular weight is 523 g/mol. The first kappa shape index (κ1) is 26.0. The zero-order chi connectivity index (χ0) is 27.0.